The summed E-state index contributed by atoms with van der Waals surface area (Å²) in [6.45, 7) is 7.71. The summed E-state index contributed by atoms with van der Waals surface area (Å²) in [6.07, 6.45) is 3.30. The molecular formula is C14H20N2O2S. The van der Waals surface area contributed by atoms with Gasteiger partial charge in [0.2, 0.25) is 0 Å². The van der Waals surface area contributed by atoms with Crippen molar-refractivity contribution in [2.75, 3.05) is 5.75 Å². The fourth-order valence-corrected chi connectivity index (χ4v) is 3.40. The van der Waals surface area contributed by atoms with Crippen molar-refractivity contribution in [1.29, 1.82) is 0 Å². The molecule has 2 heterocycles. The molecule has 0 spiro atoms. The van der Waals surface area contributed by atoms with Crippen molar-refractivity contribution in [1.82, 2.24) is 9.88 Å². The van der Waals surface area contributed by atoms with Gasteiger partial charge in [0.15, 0.2) is 0 Å². The van der Waals surface area contributed by atoms with Crippen LogP contribution in [0.4, 0.5) is 4.79 Å². The largest absolute Gasteiger partial charge is 0.444 e. The third kappa shape index (κ3) is 3.41. The molecule has 2 rings (SSSR count). The van der Waals surface area contributed by atoms with Crippen LogP contribution in [0.15, 0.2) is 24.5 Å². The van der Waals surface area contributed by atoms with E-state index in [1.165, 1.54) is 0 Å². The summed E-state index contributed by atoms with van der Waals surface area (Å²) in [7, 11) is 0. The van der Waals surface area contributed by atoms with Crippen molar-refractivity contribution in [2.24, 2.45) is 0 Å². The smallest absolute Gasteiger partial charge is 0.411 e. The third-order valence-electron chi connectivity index (χ3n) is 2.80. The summed E-state index contributed by atoms with van der Waals surface area (Å²) in [4.78, 5) is 18.3. The molecule has 5 heteroatoms. The van der Waals surface area contributed by atoms with Crippen LogP contribution >= 0.6 is 11.8 Å². The molecule has 0 saturated carbocycles. The van der Waals surface area contributed by atoms with Crippen molar-refractivity contribution in [3.05, 3.63) is 30.1 Å². The van der Waals surface area contributed by atoms with Gasteiger partial charge in [-0.05, 0) is 33.8 Å². The lowest BCUT2D eigenvalue weighted by molar-refractivity contribution is 0.0188. The Morgan fingerprint density at radius 2 is 2.26 bits per heavy atom. The molecule has 1 aliphatic rings. The van der Waals surface area contributed by atoms with Gasteiger partial charge in [0.25, 0.3) is 0 Å². The number of rotatable bonds is 1. The Morgan fingerprint density at radius 1 is 1.53 bits per heavy atom. The van der Waals surface area contributed by atoms with E-state index in [4.69, 9.17) is 4.74 Å². The zero-order valence-corrected chi connectivity index (χ0v) is 12.6. The van der Waals surface area contributed by atoms with Gasteiger partial charge in [0, 0.05) is 29.8 Å². The number of amides is 1. The number of pyridine rings is 1. The SMILES string of the molecule is CC1CSC(c2cccnc2)N1C(=O)OC(C)(C)C. The fraction of sp³-hybridized carbons (Fsp3) is 0.571. The Morgan fingerprint density at radius 3 is 2.84 bits per heavy atom. The molecule has 1 amide bonds. The van der Waals surface area contributed by atoms with E-state index >= 15 is 0 Å². The maximum atomic E-state index is 12.3. The van der Waals surface area contributed by atoms with Gasteiger partial charge in [-0.2, -0.15) is 0 Å². The third-order valence-corrected chi connectivity index (χ3v) is 4.29. The standard InChI is InChI=1S/C14H20N2O2S/c1-10-9-19-12(11-6-5-7-15-8-11)16(10)13(17)18-14(2,3)4/h5-8,10,12H,9H2,1-4H3. The van der Waals surface area contributed by atoms with E-state index in [2.05, 4.69) is 4.98 Å². The predicted octanol–water partition coefficient (Wildman–Crippen LogP) is 3.45. The van der Waals surface area contributed by atoms with E-state index in [1.54, 1.807) is 18.0 Å². The molecule has 1 aromatic rings. The van der Waals surface area contributed by atoms with Crippen LogP contribution in [-0.2, 0) is 4.74 Å². The summed E-state index contributed by atoms with van der Waals surface area (Å²) < 4.78 is 5.50. The molecule has 1 fully saturated rings. The van der Waals surface area contributed by atoms with Gasteiger partial charge in [0.05, 0.1) is 0 Å². The van der Waals surface area contributed by atoms with Crippen LogP contribution in [0.1, 0.15) is 38.6 Å². The Balaban J connectivity index is 2.19. The lowest BCUT2D eigenvalue weighted by Gasteiger charge is -2.30. The van der Waals surface area contributed by atoms with Crippen LogP contribution in [0.5, 0.6) is 0 Å². The summed E-state index contributed by atoms with van der Waals surface area (Å²) >= 11 is 1.75. The van der Waals surface area contributed by atoms with E-state index in [1.807, 2.05) is 50.9 Å². The highest BCUT2D eigenvalue weighted by atomic mass is 32.2. The molecule has 4 nitrogen and oxygen atoms in total. The number of hydrogen-bond donors (Lipinski definition) is 0. The van der Waals surface area contributed by atoms with E-state index in [0.717, 1.165) is 11.3 Å². The van der Waals surface area contributed by atoms with Gasteiger partial charge < -0.3 is 4.74 Å². The van der Waals surface area contributed by atoms with E-state index in [9.17, 15) is 4.79 Å². The Bertz CT molecular complexity index is 445. The number of nitrogens with zero attached hydrogens (tertiary/aromatic N) is 2. The number of hydrogen-bond acceptors (Lipinski definition) is 4. The highest BCUT2D eigenvalue weighted by molar-refractivity contribution is 7.99. The van der Waals surface area contributed by atoms with Crippen molar-refractivity contribution in [3.8, 4) is 0 Å². The van der Waals surface area contributed by atoms with E-state index in [0.29, 0.717) is 0 Å². The van der Waals surface area contributed by atoms with Crippen LogP contribution in [0.2, 0.25) is 0 Å². The fourth-order valence-electron chi connectivity index (χ4n) is 1.99. The zero-order valence-electron chi connectivity index (χ0n) is 11.8. The van der Waals surface area contributed by atoms with Gasteiger partial charge in [-0.25, -0.2) is 4.79 Å². The summed E-state index contributed by atoms with van der Waals surface area (Å²) in [6, 6.07) is 4.07. The number of thioether (sulfide) groups is 1. The number of ether oxygens (including phenoxy) is 1. The van der Waals surface area contributed by atoms with Gasteiger partial charge in [-0.15, -0.1) is 11.8 Å². The second-order valence-electron chi connectivity index (χ2n) is 5.71. The van der Waals surface area contributed by atoms with Gasteiger partial charge in [0.1, 0.15) is 11.0 Å². The predicted molar refractivity (Wildman–Crippen MR) is 77.0 cm³/mol. The normalized spacial score (nSPS) is 23.5. The summed E-state index contributed by atoms with van der Waals surface area (Å²) in [5.41, 5.74) is 0.575. The molecule has 0 aromatic carbocycles. The summed E-state index contributed by atoms with van der Waals surface area (Å²) in [5, 5.41) is -0.00134. The molecule has 0 bridgehead atoms. The molecule has 1 aromatic heterocycles. The first-order chi connectivity index (χ1) is 8.88. The van der Waals surface area contributed by atoms with Crippen LogP contribution in [-0.4, -0.2) is 33.4 Å². The van der Waals surface area contributed by atoms with Crippen molar-refractivity contribution < 1.29 is 9.53 Å². The van der Waals surface area contributed by atoms with E-state index < -0.39 is 5.60 Å². The lowest BCUT2D eigenvalue weighted by atomic mass is 10.2. The molecule has 0 N–H and O–H groups in total. The van der Waals surface area contributed by atoms with Gasteiger partial charge in [-0.3, -0.25) is 9.88 Å². The van der Waals surface area contributed by atoms with Crippen molar-refractivity contribution in [2.45, 2.75) is 44.7 Å². The molecule has 19 heavy (non-hydrogen) atoms. The average Bonchev–Trinajstić information content (AvgIpc) is 2.70. The Hall–Kier alpha value is -1.23. The molecule has 104 valence electrons. The highest BCUT2D eigenvalue weighted by Gasteiger charge is 2.38. The minimum absolute atomic E-state index is 0.00134. The maximum absolute atomic E-state index is 12.3. The molecule has 0 aliphatic carbocycles. The zero-order chi connectivity index (χ0) is 14.0. The molecule has 2 atom stereocenters. The first-order valence-electron chi connectivity index (χ1n) is 6.41. The quantitative estimate of drug-likeness (QED) is 0.790. The average molecular weight is 280 g/mol. The first kappa shape index (κ1) is 14.2. The number of carbonyl (C=O) groups is 1. The highest BCUT2D eigenvalue weighted by Crippen LogP contribution is 2.41. The second kappa shape index (κ2) is 5.41. The maximum Gasteiger partial charge on any atom is 0.411 e. The first-order valence-corrected chi connectivity index (χ1v) is 7.46. The minimum atomic E-state index is -0.469. The number of aromatic nitrogens is 1. The lowest BCUT2D eigenvalue weighted by Crippen LogP contribution is -2.40. The van der Waals surface area contributed by atoms with Gasteiger partial charge >= 0.3 is 6.09 Å². The Kier molecular flexibility index (Phi) is 4.04. The van der Waals surface area contributed by atoms with Gasteiger partial charge in [-0.1, -0.05) is 6.07 Å². The minimum Gasteiger partial charge on any atom is -0.444 e. The van der Waals surface area contributed by atoms with Crippen LogP contribution in [0.3, 0.4) is 0 Å². The van der Waals surface area contributed by atoms with Crippen LogP contribution in [0.25, 0.3) is 0 Å². The summed E-state index contributed by atoms with van der Waals surface area (Å²) in [5.74, 6) is 0.915. The second-order valence-corrected chi connectivity index (χ2v) is 6.82. The van der Waals surface area contributed by atoms with Crippen molar-refractivity contribution in [3.63, 3.8) is 0 Å². The van der Waals surface area contributed by atoms with Crippen molar-refractivity contribution >= 4 is 17.9 Å². The molecule has 0 radical (unpaired) electrons. The van der Waals surface area contributed by atoms with Crippen LogP contribution in [0, 0.1) is 0 Å². The monoisotopic (exact) mass is 280 g/mol. The van der Waals surface area contributed by atoms with Crippen LogP contribution < -0.4 is 0 Å². The molecule has 1 saturated heterocycles. The molecule has 1 aliphatic heterocycles. The molecular weight excluding hydrogens is 260 g/mol. The van der Waals surface area contributed by atoms with E-state index in [-0.39, 0.29) is 17.5 Å². The molecule has 2 unspecified atom stereocenters. The number of carbonyl (C=O) groups excluding carboxylic acids is 1. The topological polar surface area (TPSA) is 42.4 Å². The Labute approximate surface area is 118 Å².